The first kappa shape index (κ1) is 14.8. The van der Waals surface area contributed by atoms with E-state index in [9.17, 15) is 4.79 Å². The summed E-state index contributed by atoms with van der Waals surface area (Å²) in [5.74, 6) is 0.325. The number of nitrogens with one attached hydrogen (secondary N) is 1. The summed E-state index contributed by atoms with van der Waals surface area (Å²) in [5.41, 5.74) is 0. The Kier molecular flexibility index (Phi) is 6.11. The highest BCUT2D eigenvalue weighted by Gasteiger charge is 2.21. The first-order chi connectivity index (χ1) is 9.29. The van der Waals surface area contributed by atoms with E-state index in [2.05, 4.69) is 12.2 Å². The van der Waals surface area contributed by atoms with Crippen molar-refractivity contribution in [2.45, 2.75) is 64.0 Å². The van der Waals surface area contributed by atoms with Gasteiger partial charge in [-0.25, -0.2) is 0 Å². The molecule has 0 aromatic heterocycles. The number of likely N-dealkylation sites (tertiary alicyclic amines) is 1. The van der Waals surface area contributed by atoms with E-state index in [0.717, 1.165) is 45.5 Å². The molecule has 0 aliphatic carbocycles. The maximum absolute atomic E-state index is 12.0. The zero-order valence-electron chi connectivity index (χ0n) is 12.2. The Hall–Kier alpha value is -0.610. The van der Waals surface area contributed by atoms with Gasteiger partial charge in [0.2, 0.25) is 5.91 Å². The molecule has 2 rings (SSSR count). The lowest BCUT2D eigenvalue weighted by Gasteiger charge is -2.30. The van der Waals surface area contributed by atoms with Gasteiger partial charge >= 0.3 is 0 Å². The van der Waals surface area contributed by atoms with Crippen molar-refractivity contribution >= 4 is 5.91 Å². The van der Waals surface area contributed by atoms with Gasteiger partial charge in [-0.15, -0.1) is 0 Å². The number of nitrogens with zero attached hydrogens (tertiary/aromatic N) is 1. The molecule has 0 aromatic rings. The summed E-state index contributed by atoms with van der Waals surface area (Å²) >= 11 is 0. The third-order valence-electron chi connectivity index (χ3n) is 4.30. The number of hydrogen-bond donors (Lipinski definition) is 1. The molecule has 2 unspecified atom stereocenters. The summed E-state index contributed by atoms with van der Waals surface area (Å²) in [5, 5.41) is 3.53. The first-order valence-electron chi connectivity index (χ1n) is 7.92. The van der Waals surface area contributed by atoms with Gasteiger partial charge in [0.25, 0.3) is 0 Å². The van der Waals surface area contributed by atoms with Crippen molar-refractivity contribution in [3.63, 3.8) is 0 Å². The van der Waals surface area contributed by atoms with Gasteiger partial charge in [-0.1, -0.05) is 6.92 Å². The van der Waals surface area contributed by atoms with E-state index in [4.69, 9.17) is 4.74 Å². The van der Waals surface area contributed by atoms with Crippen LogP contribution in [0.3, 0.4) is 0 Å². The van der Waals surface area contributed by atoms with Gasteiger partial charge in [-0.2, -0.15) is 0 Å². The zero-order chi connectivity index (χ0) is 13.5. The van der Waals surface area contributed by atoms with Crippen molar-refractivity contribution in [1.82, 2.24) is 10.2 Å². The molecule has 2 fully saturated rings. The van der Waals surface area contributed by atoms with Crippen LogP contribution < -0.4 is 5.32 Å². The SMILES string of the molecule is CCC1CC(NCCC(=O)N2CCCCC2)CCO1. The summed E-state index contributed by atoms with van der Waals surface area (Å²) in [7, 11) is 0. The lowest BCUT2D eigenvalue weighted by atomic mass is 10.0. The van der Waals surface area contributed by atoms with Crippen molar-refractivity contribution in [2.75, 3.05) is 26.2 Å². The Balaban J connectivity index is 1.61. The van der Waals surface area contributed by atoms with Crippen LogP contribution in [0.4, 0.5) is 0 Å². The molecule has 0 bridgehead atoms. The van der Waals surface area contributed by atoms with Crippen molar-refractivity contribution in [3.05, 3.63) is 0 Å². The fourth-order valence-corrected chi connectivity index (χ4v) is 3.03. The molecule has 19 heavy (non-hydrogen) atoms. The number of piperidine rings is 1. The topological polar surface area (TPSA) is 41.6 Å². The van der Waals surface area contributed by atoms with Gasteiger partial charge in [0.1, 0.15) is 0 Å². The minimum absolute atomic E-state index is 0.325. The van der Waals surface area contributed by atoms with Crippen LogP contribution in [-0.4, -0.2) is 49.2 Å². The molecular formula is C15H28N2O2. The van der Waals surface area contributed by atoms with Crippen LogP contribution >= 0.6 is 0 Å². The zero-order valence-corrected chi connectivity index (χ0v) is 12.2. The summed E-state index contributed by atoms with van der Waals surface area (Å²) in [6, 6.07) is 0.535. The van der Waals surface area contributed by atoms with Gasteiger partial charge in [-0.3, -0.25) is 4.79 Å². The molecule has 1 N–H and O–H groups in total. The van der Waals surface area contributed by atoms with Crippen LogP contribution in [0.1, 0.15) is 51.9 Å². The molecule has 2 saturated heterocycles. The molecule has 2 aliphatic heterocycles. The van der Waals surface area contributed by atoms with Crippen LogP contribution in [0.5, 0.6) is 0 Å². The molecule has 4 nitrogen and oxygen atoms in total. The van der Waals surface area contributed by atoms with Crippen molar-refractivity contribution in [1.29, 1.82) is 0 Å². The van der Waals surface area contributed by atoms with Gasteiger partial charge in [0.05, 0.1) is 6.10 Å². The smallest absolute Gasteiger partial charge is 0.223 e. The number of rotatable bonds is 5. The standard InChI is InChI=1S/C15H28N2O2/c1-2-14-12-13(7-11-19-14)16-8-6-15(18)17-9-4-3-5-10-17/h13-14,16H,2-12H2,1H3. The third-order valence-corrected chi connectivity index (χ3v) is 4.30. The molecule has 4 heteroatoms. The molecule has 2 aliphatic rings. The second-order valence-corrected chi connectivity index (χ2v) is 5.77. The predicted octanol–water partition coefficient (Wildman–Crippen LogP) is 1.94. The highest BCUT2D eigenvalue weighted by Crippen LogP contribution is 2.16. The normalized spacial score (nSPS) is 28.4. The second kappa shape index (κ2) is 7.85. The van der Waals surface area contributed by atoms with E-state index in [0.29, 0.717) is 24.5 Å². The molecule has 2 heterocycles. The minimum atomic E-state index is 0.325. The molecule has 0 spiro atoms. The lowest BCUT2D eigenvalue weighted by Crippen LogP contribution is -2.41. The third kappa shape index (κ3) is 4.77. The summed E-state index contributed by atoms with van der Waals surface area (Å²) < 4.78 is 5.66. The van der Waals surface area contributed by atoms with Gasteiger partial charge < -0.3 is 15.0 Å². The average Bonchev–Trinajstić information content (AvgIpc) is 2.48. The Morgan fingerprint density at radius 1 is 1.32 bits per heavy atom. The Morgan fingerprint density at radius 3 is 2.84 bits per heavy atom. The van der Waals surface area contributed by atoms with Crippen LogP contribution in [-0.2, 0) is 9.53 Å². The molecule has 0 radical (unpaired) electrons. The molecule has 110 valence electrons. The molecule has 1 amide bonds. The van der Waals surface area contributed by atoms with E-state index in [1.165, 1.54) is 19.3 Å². The molecule has 0 saturated carbocycles. The van der Waals surface area contributed by atoms with E-state index in [1.54, 1.807) is 0 Å². The molecular weight excluding hydrogens is 240 g/mol. The van der Waals surface area contributed by atoms with E-state index in [-0.39, 0.29) is 0 Å². The summed E-state index contributed by atoms with van der Waals surface area (Å²) in [6.07, 6.45) is 7.95. The number of hydrogen-bond acceptors (Lipinski definition) is 3. The minimum Gasteiger partial charge on any atom is -0.378 e. The molecule has 2 atom stereocenters. The maximum atomic E-state index is 12.0. The highest BCUT2D eigenvalue weighted by atomic mass is 16.5. The van der Waals surface area contributed by atoms with Gasteiger partial charge in [0.15, 0.2) is 0 Å². The average molecular weight is 268 g/mol. The number of amides is 1. The first-order valence-corrected chi connectivity index (χ1v) is 7.92. The quantitative estimate of drug-likeness (QED) is 0.828. The van der Waals surface area contributed by atoms with Crippen LogP contribution in [0.15, 0.2) is 0 Å². The fraction of sp³-hybridized carbons (Fsp3) is 0.933. The van der Waals surface area contributed by atoms with E-state index in [1.807, 2.05) is 4.90 Å². The molecule has 0 aromatic carbocycles. The number of carbonyl (C=O) groups is 1. The van der Waals surface area contributed by atoms with Crippen molar-refractivity contribution < 1.29 is 9.53 Å². The van der Waals surface area contributed by atoms with Crippen LogP contribution in [0, 0.1) is 0 Å². The Morgan fingerprint density at radius 2 is 2.11 bits per heavy atom. The summed E-state index contributed by atoms with van der Waals surface area (Å²) in [6.45, 7) is 5.78. The maximum Gasteiger partial charge on any atom is 0.223 e. The van der Waals surface area contributed by atoms with Crippen molar-refractivity contribution in [3.8, 4) is 0 Å². The Labute approximate surface area is 116 Å². The Bertz CT molecular complexity index is 277. The monoisotopic (exact) mass is 268 g/mol. The largest absolute Gasteiger partial charge is 0.378 e. The van der Waals surface area contributed by atoms with Gasteiger partial charge in [-0.05, 0) is 38.5 Å². The number of carbonyl (C=O) groups excluding carboxylic acids is 1. The summed E-state index contributed by atoms with van der Waals surface area (Å²) in [4.78, 5) is 14.1. The predicted molar refractivity (Wildman–Crippen MR) is 76.1 cm³/mol. The fourth-order valence-electron chi connectivity index (χ4n) is 3.03. The highest BCUT2D eigenvalue weighted by molar-refractivity contribution is 5.76. The lowest BCUT2D eigenvalue weighted by molar-refractivity contribution is -0.132. The second-order valence-electron chi connectivity index (χ2n) is 5.77. The number of ether oxygens (including phenoxy) is 1. The van der Waals surface area contributed by atoms with Crippen LogP contribution in [0.25, 0.3) is 0 Å². The van der Waals surface area contributed by atoms with Gasteiger partial charge in [0, 0.05) is 38.7 Å². The van der Waals surface area contributed by atoms with Crippen molar-refractivity contribution in [2.24, 2.45) is 0 Å². The van der Waals surface area contributed by atoms with Crippen LogP contribution in [0.2, 0.25) is 0 Å². The van der Waals surface area contributed by atoms with E-state index < -0.39 is 0 Å². The van der Waals surface area contributed by atoms with E-state index >= 15 is 0 Å².